The Morgan fingerprint density at radius 1 is 0.635 bits per heavy atom. The zero-order valence-electron chi connectivity index (χ0n) is 41.3. The van der Waals surface area contributed by atoms with Gasteiger partial charge in [-0.2, -0.15) is 26.3 Å². The van der Waals surface area contributed by atoms with E-state index < -0.39 is 66.4 Å². The first-order valence-corrected chi connectivity index (χ1v) is 24.0. The van der Waals surface area contributed by atoms with E-state index in [4.69, 9.17) is 19.8 Å². The number of halogens is 6. The number of nitrogens with one attached hydrogen (secondary N) is 5. The molecule has 2 aliphatic carbocycles. The van der Waals surface area contributed by atoms with Crippen LogP contribution >= 0.6 is 0 Å². The van der Waals surface area contributed by atoms with Gasteiger partial charge in [0.2, 0.25) is 29.5 Å². The number of aliphatic carboxylic acids is 2. The number of likely N-dealkylation sites (tertiary alicyclic amines) is 2. The highest BCUT2D eigenvalue weighted by Crippen LogP contribution is 2.36. The Balaban J connectivity index is 0.000000743. The third-order valence-corrected chi connectivity index (χ3v) is 13.1. The number of hydrogen-bond donors (Lipinski definition) is 7. The molecule has 2 aromatic carbocycles. The number of likely N-dealkylation sites (N-methyl/N-ethyl adjacent to an activating group) is 2. The van der Waals surface area contributed by atoms with E-state index in [9.17, 15) is 55.1 Å². The lowest BCUT2D eigenvalue weighted by Gasteiger charge is -2.42. The summed E-state index contributed by atoms with van der Waals surface area (Å²) < 4.78 is 63.5. The van der Waals surface area contributed by atoms with Crippen LogP contribution in [-0.4, -0.2) is 143 Å². The number of carboxylic acid groups (broad SMARTS) is 2. The molecule has 402 valence electrons. The predicted octanol–water partition coefficient (Wildman–Crippen LogP) is 3.70. The van der Waals surface area contributed by atoms with Crippen molar-refractivity contribution >= 4 is 47.3 Å². The van der Waals surface area contributed by atoms with Gasteiger partial charge in [0, 0.05) is 32.4 Å². The molecular weight excluding hydrogens is 985 g/mol. The molecule has 0 unspecified atom stereocenters. The van der Waals surface area contributed by atoms with Crippen LogP contribution in [0.1, 0.15) is 106 Å². The Kier molecular flexibility index (Phi) is 22.0. The van der Waals surface area contributed by atoms with Gasteiger partial charge in [-0.15, -0.1) is 0 Å². The third kappa shape index (κ3) is 16.8. The number of Topliss-reactive ketones (excluding diaryl/α,β-unsaturated/α-hetero) is 1. The van der Waals surface area contributed by atoms with Gasteiger partial charge < -0.3 is 46.6 Å². The van der Waals surface area contributed by atoms with Crippen LogP contribution in [0.5, 0.6) is 0 Å². The lowest BCUT2D eigenvalue weighted by Crippen LogP contribution is -2.63. The first kappa shape index (κ1) is 59.6. The van der Waals surface area contributed by atoms with E-state index in [2.05, 4.69) is 68.5 Å². The molecule has 0 radical (unpaired) electrons. The molecule has 0 bridgehead atoms. The van der Waals surface area contributed by atoms with Gasteiger partial charge in [0.05, 0.1) is 24.2 Å². The second kappa shape index (κ2) is 27.3. The minimum absolute atomic E-state index is 0.0300. The van der Waals surface area contributed by atoms with E-state index in [0.29, 0.717) is 32.4 Å². The van der Waals surface area contributed by atoms with Gasteiger partial charge >= 0.3 is 24.3 Å². The van der Waals surface area contributed by atoms with E-state index in [1.54, 1.807) is 32.8 Å². The maximum atomic E-state index is 13.9. The van der Waals surface area contributed by atoms with Crippen molar-refractivity contribution < 1.29 is 74.9 Å². The number of carboxylic acids is 2. The van der Waals surface area contributed by atoms with Gasteiger partial charge in [0.15, 0.2) is 5.78 Å². The van der Waals surface area contributed by atoms with E-state index in [1.807, 2.05) is 30.3 Å². The highest BCUT2D eigenvalue weighted by Gasteiger charge is 2.43. The van der Waals surface area contributed by atoms with Gasteiger partial charge in [0.1, 0.15) is 18.1 Å². The summed E-state index contributed by atoms with van der Waals surface area (Å²) in [5.41, 5.74) is 4.84. The quantitative estimate of drug-likeness (QED) is 0.0999. The van der Waals surface area contributed by atoms with E-state index in [1.165, 1.54) is 21.6 Å². The van der Waals surface area contributed by atoms with Crippen LogP contribution in [0.3, 0.4) is 0 Å². The van der Waals surface area contributed by atoms with Crippen LogP contribution in [-0.2, 0) is 51.2 Å². The largest absolute Gasteiger partial charge is 0.490 e. The normalized spacial score (nSPS) is 20.1. The molecular formula is C51H61F6N7O10. The number of nitrogens with zero attached hydrogens (tertiary/aromatic N) is 2. The van der Waals surface area contributed by atoms with Crippen molar-refractivity contribution in [3.8, 4) is 23.7 Å². The number of benzene rings is 2. The Morgan fingerprint density at radius 2 is 1.05 bits per heavy atom. The molecule has 0 saturated carbocycles. The summed E-state index contributed by atoms with van der Waals surface area (Å²) in [5.74, 6) is 4.19. The molecule has 6 rings (SSSR count). The van der Waals surface area contributed by atoms with Crippen molar-refractivity contribution in [1.29, 1.82) is 0 Å². The molecule has 0 aromatic heterocycles. The maximum absolute atomic E-state index is 13.9. The number of rotatable bonds is 15. The molecule has 0 spiro atoms. The fourth-order valence-corrected chi connectivity index (χ4v) is 8.58. The smallest absolute Gasteiger partial charge is 0.475 e. The summed E-state index contributed by atoms with van der Waals surface area (Å²) in [6.45, 7) is 4.16. The lowest BCUT2D eigenvalue weighted by atomic mass is 9.78. The van der Waals surface area contributed by atoms with Crippen molar-refractivity contribution in [1.82, 2.24) is 36.4 Å². The van der Waals surface area contributed by atoms with E-state index >= 15 is 0 Å². The molecule has 8 atom stereocenters. The minimum atomic E-state index is -5.08. The molecule has 2 saturated heterocycles. The monoisotopic (exact) mass is 1050 g/mol. The van der Waals surface area contributed by atoms with Gasteiger partial charge in [-0.05, 0) is 119 Å². The van der Waals surface area contributed by atoms with Gasteiger partial charge in [-0.1, -0.05) is 60.4 Å². The number of carbonyl (C=O) groups excluding carboxylic acids is 6. The molecule has 5 amide bonds. The average molecular weight is 1050 g/mol. The first-order chi connectivity index (χ1) is 34.9. The zero-order chi connectivity index (χ0) is 54.9. The van der Waals surface area contributed by atoms with Crippen molar-refractivity contribution in [2.24, 2.45) is 0 Å². The number of aryl methyl sites for hydroxylation is 2. The van der Waals surface area contributed by atoms with Crippen LogP contribution in [0.25, 0.3) is 0 Å². The number of fused-ring (bicyclic) bond motifs is 2. The SMILES string of the molecule is CN[C@@H](C)C(=O)N[C@@H](CC#CC#CC[C@H](NC(=O)[C@H](C)NC)C(=O)N1CC[C@H]1C(=O)N[C@@H]1CCCc2ccccc21)C(=O)N1CC[C@H]1C(=O)C[C@@H]1CCCc2ccccc21.O=C(O)C(F)(F)F.O=C(O)C(F)(F)F. The van der Waals surface area contributed by atoms with Crippen LogP contribution in [0.15, 0.2) is 48.5 Å². The molecule has 2 fully saturated rings. The van der Waals surface area contributed by atoms with Gasteiger partial charge in [-0.3, -0.25) is 28.8 Å². The number of carbonyl (C=O) groups is 8. The zero-order valence-corrected chi connectivity index (χ0v) is 41.3. The molecule has 4 aliphatic rings. The van der Waals surface area contributed by atoms with E-state index in [0.717, 1.165) is 44.1 Å². The third-order valence-electron chi connectivity index (χ3n) is 13.1. The first-order valence-electron chi connectivity index (χ1n) is 24.0. The Morgan fingerprint density at radius 3 is 1.49 bits per heavy atom. The second-order valence-electron chi connectivity index (χ2n) is 18.0. The summed E-state index contributed by atoms with van der Waals surface area (Å²) in [6, 6.07) is 11.9. The summed E-state index contributed by atoms with van der Waals surface area (Å²) >= 11 is 0. The standard InChI is InChI=1S/C47H59N7O6.2C2HF3O2/c1-30(48-3)43(56)51-38(46(59)53-27-25-40(53)42(55)29-34-19-13-17-32-15-9-11-20-35(32)34)22-7-5-6-8-23-39(52-44(57)31(2)49-4)47(60)54-28-26-41(54)45(58)50-37-24-14-18-33-16-10-12-21-36(33)37;2*3-2(4,5)1(6)7/h9-12,15-16,20-21,30-31,34,37-41,48-49H,13-14,17-19,22-29H2,1-4H3,(H,50,58)(H,51,56)(H,52,57);2*(H,6,7)/t30-,31-,34-,37+,38-,39-,40-,41-;;/m0../s1. The average Bonchev–Trinajstić information content (AvgIpc) is 3.32. The Hall–Kier alpha value is -6.98. The summed E-state index contributed by atoms with van der Waals surface area (Å²) in [6.07, 6.45) is -3.08. The second-order valence-corrected chi connectivity index (χ2v) is 18.0. The Bertz CT molecular complexity index is 2330. The summed E-state index contributed by atoms with van der Waals surface area (Å²) in [4.78, 5) is 102. The predicted molar refractivity (Wildman–Crippen MR) is 255 cm³/mol. The highest BCUT2D eigenvalue weighted by molar-refractivity contribution is 5.96. The molecule has 2 aliphatic heterocycles. The molecule has 17 nitrogen and oxygen atoms in total. The van der Waals surface area contributed by atoms with Crippen molar-refractivity contribution in [3.05, 3.63) is 70.8 Å². The number of amides is 5. The molecule has 2 aromatic rings. The maximum Gasteiger partial charge on any atom is 0.490 e. The fourth-order valence-electron chi connectivity index (χ4n) is 8.58. The minimum Gasteiger partial charge on any atom is -0.475 e. The topological polar surface area (TPSA) is 244 Å². The lowest BCUT2D eigenvalue weighted by molar-refractivity contribution is -0.193. The molecule has 7 N–H and O–H groups in total. The number of alkyl halides is 6. The fraction of sp³-hybridized carbons (Fsp3) is 0.529. The van der Waals surface area contributed by atoms with Crippen LogP contribution < -0.4 is 26.6 Å². The summed E-state index contributed by atoms with van der Waals surface area (Å²) in [7, 11) is 3.30. The van der Waals surface area contributed by atoms with Crippen LogP contribution in [0.4, 0.5) is 26.3 Å². The van der Waals surface area contributed by atoms with Crippen molar-refractivity contribution in [3.63, 3.8) is 0 Å². The molecule has 2 heterocycles. The van der Waals surface area contributed by atoms with Gasteiger partial charge in [0.25, 0.3) is 0 Å². The van der Waals surface area contributed by atoms with Crippen LogP contribution in [0, 0.1) is 23.7 Å². The Labute approximate surface area is 424 Å². The van der Waals surface area contributed by atoms with Gasteiger partial charge in [-0.25, -0.2) is 9.59 Å². The van der Waals surface area contributed by atoms with Crippen molar-refractivity contribution in [2.75, 3.05) is 27.2 Å². The number of ketones is 1. The van der Waals surface area contributed by atoms with Crippen LogP contribution in [0.2, 0.25) is 0 Å². The molecule has 23 heteroatoms. The van der Waals surface area contributed by atoms with E-state index in [-0.39, 0.29) is 54.2 Å². The number of hydrogen-bond acceptors (Lipinski definition) is 10. The highest BCUT2D eigenvalue weighted by atomic mass is 19.4. The summed E-state index contributed by atoms with van der Waals surface area (Å²) in [5, 5.41) is 28.8. The van der Waals surface area contributed by atoms with Crippen molar-refractivity contribution in [2.45, 2.75) is 145 Å². The molecule has 74 heavy (non-hydrogen) atoms.